The molecule has 1 saturated heterocycles. The van der Waals surface area contributed by atoms with Gasteiger partial charge in [0.2, 0.25) is 0 Å². The second kappa shape index (κ2) is 7.79. The summed E-state index contributed by atoms with van der Waals surface area (Å²) in [5.74, 6) is 1.96. The standard InChI is InChI=1S/C13H22N2O2S3/c1-2-4-14-10-12-9-13(19-11-12)20(16,17)15-5-3-7-18-8-6-15/h9,11,14H,2-8,10H2,1H3. The maximum atomic E-state index is 12.6. The van der Waals surface area contributed by atoms with Gasteiger partial charge in [-0.1, -0.05) is 6.92 Å². The third kappa shape index (κ3) is 4.21. The summed E-state index contributed by atoms with van der Waals surface area (Å²) < 4.78 is 27.3. The van der Waals surface area contributed by atoms with Gasteiger partial charge >= 0.3 is 0 Å². The lowest BCUT2D eigenvalue weighted by atomic mass is 10.3. The fourth-order valence-corrected chi connectivity index (χ4v) is 5.93. The van der Waals surface area contributed by atoms with Crippen LogP contribution in [-0.2, 0) is 16.6 Å². The van der Waals surface area contributed by atoms with E-state index in [-0.39, 0.29) is 0 Å². The number of hydrogen-bond acceptors (Lipinski definition) is 5. The Morgan fingerprint density at radius 1 is 1.35 bits per heavy atom. The molecular formula is C13H22N2O2S3. The molecule has 20 heavy (non-hydrogen) atoms. The van der Waals surface area contributed by atoms with E-state index >= 15 is 0 Å². The van der Waals surface area contributed by atoms with Crippen molar-refractivity contribution in [3.8, 4) is 0 Å². The molecule has 114 valence electrons. The molecule has 0 amide bonds. The van der Waals surface area contributed by atoms with Crippen LogP contribution in [0, 0.1) is 0 Å². The minimum atomic E-state index is -3.28. The van der Waals surface area contributed by atoms with Crippen LogP contribution < -0.4 is 5.32 Å². The van der Waals surface area contributed by atoms with Crippen LogP contribution in [-0.4, -0.2) is 43.9 Å². The summed E-state index contributed by atoms with van der Waals surface area (Å²) in [6.07, 6.45) is 2.03. The quantitative estimate of drug-likeness (QED) is 0.812. The van der Waals surface area contributed by atoms with Gasteiger partial charge in [0.05, 0.1) is 0 Å². The van der Waals surface area contributed by atoms with Gasteiger partial charge < -0.3 is 5.32 Å². The summed E-state index contributed by atoms with van der Waals surface area (Å²) in [5, 5.41) is 5.25. The van der Waals surface area contributed by atoms with Crippen LogP contribution in [0.3, 0.4) is 0 Å². The largest absolute Gasteiger partial charge is 0.313 e. The van der Waals surface area contributed by atoms with Gasteiger partial charge in [0.1, 0.15) is 4.21 Å². The highest BCUT2D eigenvalue weighted by molar-refractivity contribution is 7.99. The fraction of sp³-hybridized carbons (Fsp3) is 0.692. The third-order valence-electron chi connectivity index (χ3n) is 3.16. The first-order valence-electron chi connectivity index (χ1n) is 7.00. The molecule has 0 atom stereocenters. The lowest BCUT2D eigenvalue weighted by Gasteiger charge is -2.18. The first kappa shape index (κ1) is 16.3. The van der Waals surface area contributed by atoms with Crippen LogP contribution in [0.4, 0.5) is 0 Å². The Morgan fingerprint density at radius 2 is 2.20 bits per heavy atom. The number of sulfonamides is 1. The molecule has 0 saturated carbocycles. The maximum Gasteiger partial charge on any atom is 0.252 e. The Kier molecular flexibility index (Phi) is 6.35. The van der Waals surface area contributed by atoms with Crippen molar-refractivity contribution in [2.24, 2.45) is 0 Å². The van der Waals surface area contributed by atoms with Crippen molar-refractivity contribution in [1.82, 2.24) is 9.62 Å². The summed E-state index contributed by atoms with van der Waals surface area (Å²) >= 11 is 3.18. The predicted octanol–water partition coefficient (Wildman–Crippen LogP) is 2.38. The van der Waals surface area contributed by atoms with E-state index in [0.717, 1.165) is 43.0 Å². The minimum Gasteiger partial charge on any atom is -0.313 e. The van der Waals surface area contributed by atoms with E-state index in [4.69, 9.17) is 0 Å². The van der Waals surface area contributed by atoms with Gasteiger partial charge in [-0.25, -0.2) is 8.42 Å². The van der Waals surface area contributed by atoms with Crippen molar-refractivity contribution in [1.29, 1.82) is 0 Å². The molecular weight excluding hydrogens is 312 g/mol. The molecule has 0 aromatic carbocycles. The molecule has 1 fully saturated rings. The van der Waals surface area contributed by atoms with Crippen LogP contribution in [0.1, 0.15) is 25.3 Å². The van der Waals surface area contributed by atoms with E-state index in [1.165, 1.54) is 11.3 Å². The van der Waals surface area contributed by atoms with Crippen molar-refractivity contribution >= 4 is 33.1 Å². The summed E-state index contributed by atoms with van der Waals surface area (Å²) in [5.41, 5.74) is 1.06. The van der Waals surface area contributed by atoms with Gasteiger partial charge in [0, 0.05) is 25.4 Å². The van der Waals surface area contributed by atoms with Crippen molar-refractivity contribution in [2.45, 2.75) is 30.5 Å². The number of hydrogen-bond donors (Lipinski definition) is 1. The number of nitrogens with zero attached hydrogens (tertiary/aromatic N) is 1. The Balaban J connectivity index is 2.05. The Bertz CT molecular complexity index is 505. The van der Waals surface area contributed by atoms with Crippen LogP contribution in [0.25, 0.3) is 0 Å². The Labute approximate surface area is 130 Å². The van der Waals surface area contributed by atoms with Crippen molar-refractivity contribution in [3.63, 3.8) is 0 Å². The van der Waals surface area contributed by atoms with Gasteiger partial charge in [-0.15, -0.1) is 11.3 Å². The molecule has 1 aromatic heterocycles. The second-order valence-electron chi connectivity index (χ2n) is 4.82. The lowest BCUT2D eigenvalue weighted by molar-refractivity contribution is 0.436. The zero-order valence-corrected chi connectivity index (χ0v) is 14.2. The number of thioether (sulfide) groups is 1. The smallest absolute Gasteiger partial charge is 0.252 e. The predicted molar refractivity (Wildman–Crippen MR) is 87.0 cm³/mol. The maximum absolute atomic E-state index is 12.6. The first-order chi connectivity index (χ1) is 9.64. The van der Waals surface area contributed by atoms with Crippen LogP contribution in [0.5, 0.6) is 0 Å². The van der Waals surface area contributed by atoms with Crippen molar-refractivity contribution < 1.29 is 8.42 Å². The van der Waals surface area contributed by atoms with Gasteiger partial charge in [0.15, 0.2) is 0 Å². The van der Waals surface area contributed by atoms with Gasteiger partial charge in [-0.3, -0.25) is 0 Å². The van der Waals surface area contributed by atoms with Gasteiger partial charge in [-0.2, -0.15) is 16.1 Å². The molecule has 1 N–H and O–H groups in total. The SMILES string of the molecule is CCCNCc1csc(S(=O)(=O)N2CCCSCC2)c1. The zero-order valence-electron chi connectivity index (χ0n) is 11.8. The highest BCUT2D eigenvalue weighted by Crippen LogP contribution is 2.25. The Morgan fingerprint density at radius 3 is 3.00 bits per heavy atom. The van der Waals surface area contributed by atoms with Gasteiger partial charge in [-0.05, 0) is 42.1 Å². The van der Waals surface area contributed by atoms with Gasteiger partial charge in [0.25, 0.3) is 10.0 Å². The van der Waals surface area contributed by atoms with E-state index in [9.17, 15) is 8.42 Å². The highest BCUT2D eigenvalue weighted by Gasteiger charge is 2.26. The highest BCUT2D eigenvalue weighted by atomic mass is 32.2. The van der Waals surface area contributed by atoms with Crippen molar-refractivity contribution in [3.05, 3.63) is 17.0 Å². The molecule has 1 aromatic rings. The zero-order chi connectivity index (χ0) is 14.4. The molecule has 0 spiro atoms. The topological polar surface area (TPSA) is 49.4 Å². The van der Waals surface area contributed by atoms with E-state index in [0.29, 0.717) is 17.3 Å². The minimum absolute atomic E-state index is 0.484. The molecule has 1 aliphatic rings. The van der Waals surface area contributed by atoms with E-state index in [1.807, 2.05) is 23.2 Å². The van der Waals surface area contributed by atoms with Crippen LogP contribution in [0.15, 0.2) is 15.7 Å². The monoisotopic (exact) mass is 334 g/mol. The Hall–Kier alpha value is -0.0800. The molecule has 4 nitrogen and oxygen atoms in total. The third-order valence-corrected chi connectivity index (χ3v) is 7.57. The fourth-order valence-electron chi connectivity index (χ4n) is 2.08. The summed E-state index contributed by atoms with van der Waals surface area (Å²) in [6.45, 7) is 5.11. The summed E-state index contributed by atoms with van der Waals surface area (Å²) in [7, 11) is -3.28. The molecule has 1 aliphatic heterocycles. The van der Waals surface area contributed by atoms with Crippen molar-refractivity contribution in [2.75, 3.05) is 31.1 Å². The number of rotatable bonds is 6. The number of thiophene rings is 1. The molecule has 0 radical (unpaired) electrons. The average Bonchev–Trinajstić information content (AvgIpc) is 2.73. The van der Waals surface area contributed by atoms with E-state index in [2.05, 4.69) is 12.2 Å². The second-order valence-corrected chi connectivity index (χ2v) is 9.12. The van der Waals surface area contributed by atoms with Crippen LogP contribution >= 0.6 is 23.1 Å². The summed E-state index contributed by atoms with van der Waals surface area (Å²) in [4.78, 5) is 0. The molecule has 0 bridgehead atoms. The van der Waals surface area contributed by atoms with E-state index in [1.54, 1.807) is 4.31 Å². The molecule has 0 aliphatic carbocycles. The lowest BCUT2D eigenvalue weighted by Crippen LogP contribution is -2.32. The molecule has 0 unspecified atom stereocenters. The molecule has 2 rings (SSSR count). The number of nitrogens with one attached hydrogen (secondary N) is 1. The molecule has 7 heteroatoms. The normalized spacial score (nSPS) is 18.1. The average molecular weight is 335 g/mol. The molecule has 2 heterocycles. The summed E-state index contributed by atoms with van der Waals surface area (Å²) in [6, 6.07) is 1.82. The van der Waals surface area contributed by atoms with E-state index < -0.39 is 10.0 Å². The first-order valence-corrected chi connectivity index (χ1v) is 10.5. The van der Waals surface area contributed by atoms with Crippen LogP contribution in [0.2, 0.25) is 0 Å².